The molecular formula is C15H29N3O2. The average molecular weight is 283 g/mol. The summed E-state index contributed by atoms with van der Waals surface area (Å²) in [6, 6.07) is -0.350. The molecule has 0 aromatic carbocycles. The Kier molecular flexibility index (Phi) is 7.59. The Labute approximate surface area is 122 Å². The zero-order chi connectivity index (χ0) is 15.0. The summed E-state index contributed by atoms with van der Waals surface area (Å²) >= 11 is 0. The standard InChI is InChI=1S/C15H29N3O2/c1-11(2)12(8-9-16)6-7-14(19)18-13-5-3-4-10-17-15(13)20/h11-13H,3-10,16H2,1-2H3,(H,17,20)(H,18,19). The maximum Gasteiger partial charge on any atom is 0.242 e. The number of rotatable bonds is 7. The van der Waals surface area contributed by atoms with E-state index in [-0.39, 0.29) is 17.9 Å². The lowest BCUT2D eigenvalue weighted by Crippen LogP contribution is -2.45. The lowest BCUT2D eigenvalue weighted by atomic mass is 9.88. The monoisotopic (exact) mass is 283 g/mol. The smallest absolute Gasteiger partial charge is 0.242 e. The van der Waals surface area contributed by atoms with Gasteiger partial charge < -0.3 is 16.4 Å². The van der Waals surface area contributed by atoms with Crippen molar-refractivity contribution in [2.75, 3.05) is 13.1 Å². The van der Waals surface area contributed by atoms with E-state index in [1.54, 1.807) is 0 Å². The van der Waals surface area contributed by atoms with E-state index in [1.165, 1.54) is 0 Å². The summed E-state index contributed by atoms with van der Waals surface area (Å²) in [6.45, 7) is 5.71. The number of carbonyl (C=O) groups is 2. The third kappa shape index (κ3) is 5.90. The van der Waals surface area contributed by atoms with Crippen LogP contribution >= 0.6 is 0 Å². The number of nitrogens with one attached hydrogen (secondary N) is 2. The highest BCUT2D eigenvalue weighted by molar-refractivity contribution is 5.87. The van der Waals surface area contributed by atoms with Crippen LogP contribution in [0.3, 0.4) is 0 Å². The Morgan fingerprint density at radius 2 is 2.15 bits per heavy atom. The molecule has 20 heavy (non-hydrogen) atoms. The zero-order valence-corrected chi connectivity index (χ0v) is 12.8. The van der Waals surface area contributed by atoms with Gasteiger partial charge in [-0.25, -0.2) is 0 Å². The maximum absolute atomic E-state index is 12.0. The van der Waals surface area contributed by atoms with Crippen LogP contribution in [-0.2, 0) is 9.59 Å². The predicted molar refractivity (Wildman–Crippen MR) is 80.0 cm³/mol. The van der Waals surface area contributed by atoms with Crippen molar-refractivity contribution in [3.63, 3.8) is 0 Å². The molecule has 1 aliphatic heterocycles. The molecule has 5 heteroatoms. The average Bonchev–Trinajstić information content (AvgIpc) is 2.59. The van der Waals surface area contributed by atoms with Gasteiger partial charge in [-0.05, 0) is 50.5 Å². The van der Waals surface area contributed by atoms with Gasteiger partial charge in [-0.1, -0.05) is 13.8 Å². The van der Waals surface area contributed by atoms with Crippen molar-refractivity contribution in [1.82, 2.24) is 10.6 Å². The van der Waals surface area contributed by atoms with Gasteiger partial charge in [-0.15, -0.1) is 0 Å². The molecule has 1 saturated heterocycles. The highest BCUT2D eigenvalue weighted by Crippen LogP contribution is 2.20. The number of hydrogen-bond acceptors (Lipinski definition) is 3. The molecule has 0 bridgehead atoms. The quantitative estimate of drug-likeness (QED) is 0.656. The van der Waals surface area contributed by atoms with Gasteiger partial charge in [0, 0.05) is 13.0 Å². The second-order valence-electron chi connectivity index (χ2n) is 6.03. The van der Waals surface area contributed by atoms with E-state index in [2.05, 4.69) is 24.5 Å². The molecule has 1 rings (SSSR count). The van der Waals surface area contributed by atoms with Crippen LogP contribution in [0.5, 0.6) is 0 Å². The third-order valence-electron chi connectivity index (χ3n) is 4.09. The molecule has 5 nitrogen and oxygen atoms in total. The minimum atomic E-state index is -0.350. The van der Waals surface area contributed by atoms with Crippen LogP contribution in [0.4, 0.5) is 0 Å². The fourth-order valence-corrected chi connectivity index (χ4v) is 2.69. The fourth-order valence-electron chi connectivity index (χ4n) is 2.69. The van der Waals surface area contributed by atoms with Crippen LogP contribution in [0, 0.1) is 11.8 Å². The Morgan fingerprint density at radius 3 is 2.80 bits per heavy atom. The molecule has 1 aliphatic rings. The van der Waals surface area contributed by atoms with Gasteiger partial charge in [-0.3, -0.25) is 9.59 Å². The van der Waals surface area contributed by atoms with Crippen molar-refractivity contribution in [2.45, 2.75) is 58.4 Å². The molecule has 0 radical (unpaired) electrons. The van der Waals surface area contributed by atoms with Crippen molar-refractivity contribution in [3.05, 3.63) is 0 Å². The van der Waals surface area contributed by atoms with E-state index in [9.17, 15) is 9.59 Å². The first-order chi connectivity index (χ1) is 9.54. The van der Waals surface area contributed by atoms with Crippen LogP contribution in [0.25, 0.3) is 0 Å². The van der Waals surface area contributed by atoms with Crippen molar-refractivity contribution in [3.8, 4) is 0 Å². The van der Waals surface area contributed by atoms with Crippen LogP contribution in [0.2, 0.25) is 0 Å². The number of hydrogen-bond donors (Lipinski definition) is 3. The first-order valence-electron chi connectivity index (χ1n) is 7.81. The van der Waals surface area contributed by atoms with E-state index in [1.807, 2.05) is 0 Å². The van der Waals surface area contributed by atoms with E-state index in [0.29, 0.717) is 24.8 Å². The van der Waals surface area contributed by atoms with Gasteiger partial charge in [0.2, 0.25) is 11.8 Å². The third-order valence-corrected chi connectivity index (χ3v) is 4.09. The van der Waals surface area contributed by atoms with Crippen molar-refractivity contribution < 1.29 is 9.59 Å². The Bertz CT molecular complexity index is 318. The van der Waals surface area contributed by atoms with Crippen molar-refractivity contribution in [1.29, 1.82) is 0 Å². The number of nitrogens with two attached hydrogens (primary N) is 1. The van der Waals surface area contributed by atoms with Gasteiger partial charge >= 0.3 is 0 Å². The van der Waals surface area contributed by atoms with Gasteiger partial charge in [-0.2, -0.15) is 0 Å². The molecule has 0 saturated carbocycles. The summed E-state index contributed by atoms with van der Waals surface area (Å²) in [5.41, 5.74) is 5.61. The summed E-state index contributed by atoms with van der Waals surface area (Å²) in [5, 5.41) is 5.70. The van der Waals surface area contributed by atoms with E-state index >= 15 is 0 Å². The first-order valence-corrected chi connectivity index (χ1v) is 7.81. The molecule has 4 N–H and O–H groups in total. The van der Waals surface area contributed by atoms with E-state index in [4.69, 9.17) is 5.73 Å². The van der Waals surface area contributed by atoms with E-state index in [0.717, 1.165) is 38.6 Å². The molecule has 1 fully saturated rings. The zero-order valence-electron chi connectivity index (χ0n) is 12.8. The molecule has 0 aliphatic carbocycles. The number of amides is 2. The molecule has 1 heterocycles. The number of carbonyl (C=O) groups excluding carboxylic acids is 2. The summed E-state index contributed by atoms with van der Waals surface area (Å²) in [7, 11) is 0. The highest BCUT2D eigenvalue weighted by Gasteiger charge is 2.22. The molecule has 116 valence electrons. The van der Waals surface area contributed by atoms with Gasteiger partial charge in [0.05, 0.1) is 0 Å². The molecule has 2 unspecified atom stereocenters. The fraction of sp³-hybridized carbons (Fsp3) is 0.867. The summed E-state index contributed by atoms with van der Waals surface area (Å²) < 4.78 is 0. The Balaban J connectivity index is 2.36. The van der Waals surface area contributed by atoms with Crippen molar-refractivity contribution >= 4 is 11.8 Å². The molecule has 0 spiro atoms. The van der Waals surface area contributed by atoms with Gasteiger partial charge in [0.1, 0.15) is 6.04 Å². The summed E-state index contributed by atoms with van der Waals surface area (Å²) in [5.74, 6) is 0.953. The maximum atomic E-state index is 12.0. The SMILES string of the molecule is CC(C)C(CCN)CCC(=O)NC1CCCCNC1=O. The lowest BCUT2D eigenvalue weighted by Gasteiger charge is -2.20. The van der Waals surface area contributed by atoms with Crippen LogP contribution in [0.15, 0.2) is 0 Å². The molecule has 2 amide bonds. The van der Waals surface area contributed by atoms with Crippen LogP contribution in [0.1, 0.15) is 52.4 Å². The Hall–Kier alpha value is -1.10. The highest BCUT2D eigenvalue weighted by atomic mass is 16.2. The summed E-state index contributed by atoms with van der Waals surface area (Å²) in [6.07, 6.45) is 4.99. The summed E-state index contributed by atoms with van der Waals surface area (Å²) in [4.78, 5) is 23.7. The molecule has 2 atom stereocenters. The topological polar surface area (TPSA) is 84.2 Å². The molecule has 0 aromatic heterocycles. The van der Waals surface area contributed by atoms with Crippen LogP contribution in [-0.4, -0.2) is 30.9 Å². The second-order valence-corrected chi connectivity index (χ2v) is 6.03. The molecule has 0 aromatic rings. The van der Waals surface area contributed by atoms with Crippen LogP contribution < -0.4 is 16.4 Å². The largest absolute Gasteiger partial charge is 0.354 e. The van der Waals surface area contributed by atoms with Gasteiger partial charge in [0.15, 0.2) is 0 Å². The second kappa shape index (κ2) is 8.95. The van der Waals surface area contributed by atoms with E-state index < -0.39 is 0 Å². The minimum Gasteiger partial charge on any atom is -0.354 e. The lowest BCUT2D eigenvalue weighted by molar-refractivity contribution is -0.129. The minimum absolute atomic E-state index is 0.0188. The first kappa shape index (κ1) is 17.0. The van der Waals surface area contributed by atoms with Crippen molar-refractivity contribution in [2.24, 2.45) is 17.6 Å². The van der Waals surface area contributed by atoms with Gasteiger partial charge in [0.25, 0.3) is 0 Å². The normalized spacial score (nSPS) is 21.2. The Morgan fingerprint density at radius 1 is 1.40 bits per heavy atom. The predicted octanol–water partition coefficient (Wildman–Crippen LogP) is 1.17. The molecular weight excluding hydrogens is 254 g/mol.